The molecule has 1 saturated carbocycles. The van der Waals surface area contributed by atoms with Gasteiger partial charge in [0.2, 0.25) is 0 Å². The maximum absolute atomic E-state index is 6.62. The smallest absolute Gasteiger partial charge is 0.118 e. The van der Waals surface area contributed by atoms with Crippen molar-refractivity contribution >= 4 is 11.6 Å². The first-order chi connectivity index (χ1) is 8.30. The fraction of sp³-hybridized carbons (Fsp3) is 0.625. The van der Waals surface area contributed by atoms with E-state index in [1.54, 1.807) is 7.11 Å². The van der Waals surface area contributed by atoms with Crippen molar-refractivity contribution < 1.29 is 4.74 Å². The molecule has 2 rings (SSSR count). The van der Waals surface area contributed by atoms with Crippen LogP contribution in [0.2, 0.25) is 0 Å². The van der Waals surface area contributed by atoms with Gasteiger partial charge in [-0.2, -0.15) is 0 Å². The van der Waals surface area contributed by atoms with E-state index < -0.39 is 0 Å². The van der Waals surface area contributed by atoms with E-state index in [4.69, 9.17) is 16.3 Å². The van der Waals surface area contributed by atoms with Crippen molar-refractivity contribution in [2.24, 2.45) is 16.7 Å². The fourth-order valence-corrected chi connectivity index (χ4v) is 4.06. The van der Waals surface area contributed by atoms with E-state index in [1.807, 2.05) is 12.1 Å². The number of hydrogen-bond acceptors (Lipinski definition) is 1. The molecule has 1 fully saturated rings. The number of ether oxygens (including phenoxy) is 1. The molecular formula is C16H23ClO. The molecule has 0 radical (unpaired) electrons. The van der Waals surface area contributed by atoms with Crippen LogP contribution in [0.4, 0.5) is 0 Å². The van der Waals surface area contributed by atoms with Crippen LogP contribution < -0.4 is 4.74 Å². The van der Waals surface area contributed by atoms with Crippen molar-refractivity contribution in [2.45, 2.75) is 39.5 Å². The van der Waals surface area contributed by atoms with Crippen LogP contribution in [0.5, 0.6) is 5.75 Å². The molecule has 2 heteroatoms. The molecule has 1 atom stereocenters. The molecule has 1 aromatic carbocycles. The normalized spacial score (nSPS) is 22.6. The first-order valence-electron chi connectivity index (χ1n) is 6.57. The van der Waals surface area contributed by atoms with Gasteiger partial charge in [-0.15, -0.1) is 11.6 Å². The van der Waals surface area contributed by atoms with E-state index in [1.165, 1.54) is 5.56 Å². The molecule has 0 bridgehead atoms. The number of halogens is 1. The van der Waals surface area contributed by atoms with Gasteiger partial charge in [0.25, 0.3) is 0 Å². The summed E-state index contributed by atoms with van der Waals surface area (Å²) in [7, 11) is 1.69. The summed E-state index contributed by atoms with van der Waals surface area (Å²) in [6, 6.07) is 8.22. The van der Waals surface area contributed by atoms with Gasteiger partial charge in [0.1, 0.15) is 5.75 Å². The predicted octanol–water partition coefficient (Wildman–Crippen LogP) is 4.53. The summed E-state index contributed by atoms with van der Waals surface area (Å²) in [5.41, 5.74) is 1.99. The Balaban J connectivity index is 2.02. The molecule has 1 aliphatic rings. The second-order valence-electron chi connectivity index (χ2n) is 6.49. The molecular weight excluding hydrogens is 244 g/mol. The highest BCUT2D eigenvalue weighted by Crippen LogP contribution is 2.70. The van der Waals surface area contributed by atoms with Crippen LogP contribution in [0.25, 0.3) is 0 Å². The SMILES string of the molecule is COc1ccc(CC(Cl)C2C(C)(C)C2(C)C)cc1. The van der Waals surface area contributed by atoms with Crippen molar-refractivity contribution in [1.29, 1.82) is 0 Å². The number of rotatable bonds is 4. The largest absolute Gasteiger partial charge is 0.497 e. The minimum Gasteiger partial charge on any atom is -0.497 e. The van der Waals surface area contributed by atoms with Gasteiger partial charge in [0.15, 0.2) is 0 Å². The zero-order chi connectivity index (χ0) is 13.6. The van der Waals surface area contributed by atoms with Crippen LogP contribution >= 0.6 is 11.6 Å². The summed E-state index contributed by atoms with van der Waals surface area (Å²) < 4.78 is 5.17. The number of alkyl halides is 1. The Labute approximate surface area is 115 Å². The van der Waals surface area contributed by atoms with Gasteiger partial charge in [0.05, 0.1) is 7.11 Å². The van der Waals surface area contributed by atoms with Crippen LogP contribution in [0.1, 0.15) is 33.3 Å². The van der Waals surface area contributed by atoms with Crippen LogP contribution in [0, 0.1) is 16.7 Å². The molecule has 1 aromatic rings. The van der Waals surface area contributed by atoms with Crippen molar-refractivity contribution in [1.82, 2.24) is 0 Å². The number of hydrogen-bond donors (Lipinski definition) is 0. The molecule has 1 nitrogen and oxygen atoms in total. The topological polar surface area (TPSA) is 9.23 Å². The van der Waals surface area contributed by atoms with Gasteiger partial charge in [-0.25, -0.2) is 0 Å². The third-order valence-corrected chi connectivity index (χ3v) is 5.49. The molecule has 1 aliphatic carbocycles. The van der Waals surface area contributed by atoms with Crippen LogP contribution in [0.15, 0.2) is 24.3 Å². The lowest BCUT2D eigenvalue weighted by Gasteiger charge is -2.12. The highest BCUT2D eigenvalue weighted by molar-refractivity contribution is 6.21. The quantitative estimate of drug-likeness (QED) is 0.728. The van der Waals surface area contributed by atoms with Gasteiger partial charge in [-0.3, -0.25) is 0 Å². The van der Waals surface area contributed by atoms with Crippen LogP contribution in [-0.4, -0.2) is 12.5 Å². The molecule has 1 unspecified atom stereocenters. The molecule has 0 spiro atoms. The maximum atomic E-state index is 6.62. The van der Waals surface area contributed by atoms with E-state index in [9.17, 15) is 0 Å². The molecule has 0 aromatic heterocycles. The third-order valence-electron chi connectivity index (χ3n) is 5.08. The van der Waals surface area contributed by atoms with Gasteiger partial charge < -0.3 is 4.74 Å². The van der Waals surface area contributed by atoms with Gasteiger partial charge in [-0.05, 0) is 40.9 Å². The lowest BCUT2D eigenvalue weighted by atomic mass is 10.0. The molecule has 0 amide bonds. The Morgan fingerprint density at radius 3 is 2.00 bits per heavy atom. The highest BCUT2D eigenvalue weighted by Gasteiger charge is 2.66. The Kier molecular flexibility index (Phi) is 3.40. The van der Waals surface area contributed by atoms with Crippen molar-refractivity contribution in [3.63, 3.8) is 0 Å². The Bertz CT molecular complexity index is 405. The van der Waals surface area contributed by atoms with Crippen molar-refractivity contribution in [3.8, 4) is 5.75 Å². The average Bonchev–Trinajstić information content (AvgIpc) is 2.70. The molecule has 0 N–H and O–H groups in total. The summed E-state index contributed by atoms with van der Waals surface area (Å²) >= 11 is 6.62. The summed E-state index contributed by atoms with van der Waals surface area (Å²) in [5.74, 6) is 1.49. The second-order valence-corrected chi connectivity index (χ2v) is 7.05. The Hall–Kier alpha value is -0.690. The van der Waals surface area contributed by atoms with Crippen molar-refractivity contribution in [3.05, 3.63) is 29.8 Å². The predicted molar refractivity (Wildman–Crippen MR) is 77.4 cm³/mol. The van der Waals surface area contributed by atoms with E-state index in [0.717, 1.165) is 12.2 Å². The Morgan fingerprint density at radius 1 is 1.11 bits per heavy atom. The lowest BCUT2D eigenvalue weighted by Crippen LogP contribution is -2.11. The fourth-order valence-electron chi connectivity index (χ4n) is 3.26. The third kappa shape index (κ3) is 2.14. The summed E-state index contributed by atoms with van der Waals surface area (Å²) in [4.78, 5) is 0. The van der Waals surface area contributed by atoms with E-state index >= 15 is 0 Å². The Morgan fingerprint density at radius 2 is 1.61 bits per heavy atom. The maximum Gasteiger partial charge on any atom is 0.118 e. The van der Waals surface area contributed by atoms with E-state index in [2.05, 4.69) is 39.8 Å². The molecule has 18 heavy (non-hydrogen) atoms. The number of methoxy groups -OCH3 is 1. The summed E-state index contributed by atoms with van der Waals surface area (Å²) in [6.07, 6.45) is 0.934. The van der Waals surface area contributed by atoms with Gasteiger partial charge >= 0.3 is 0 Å². The van der Waals surface area contributed by atoms with Crippen LogP contribution in [0.3, 0.4) is 0 Å². The van der Waals surface area contributed by atoms with E-state index in [0.29, 0.717) is 16.7 Å². The van der Waals surface area contributed by atoms with E-state index in [-0.39, 0.29) is 5.38 Å². The molecule has 0 heterocycles. The molecule has 0 aliphatic heterocycles. The van der Waals surface area contributed by atoms with Crippen LogP contribution in [-0.2, 0) is 6.42 Å². The first-order valence-corrected chi connectivity index (χ1v) is 7.01. The zero-order valence-electron chi connectivity index (χ0n) is 12.0. The standard InChI is InChI=1S/C16H23ClO/c1-15(2)14(16(15,3)4)13(17)10-11-6-8-12(18-5)9-7-11/h6-9,13-14H,10H2,1-5H3. The average molecular weight is 267 g/mol. The van der Waals surface area contributed by atoms with Gasteiger partial charge in [-0.1, -0.05) is 39.8 Å². The first kappa shape index (κ1) is 13.7. The highest BCUT2D eigenvalue weighted by atomic mass is 35.5. The summed E-state index contributed by atoms with van der Waals surface area (Å²) in [5, 5.41) is 0.211. The monoisotopic (exact) mass is 266 g/mol. The zero-order valence-corrected chi connectivity index (χ0v) is 12.7. The molecule has 0 saturated heterocycles. The van der Waals surface area contributed by atoms with Crippen molar-refractivity contribution in [2.75, 3.05) is 7.11 Å². The minimum absolute atomic E-state index is 0.211. The lowest BCUT2D eigenvalue weighted by molar-refractivity contribution is 0.414. The summed E-state index contributed by atoms with van der Waals surface area (Å²) in [6.45, 7) is 9.28. The second kappa shape index (κ2) is 4.45. The minimum atomic E-state index is 0.211. The molecule has 100 valence electrons. The van der Waals surface area contributed by atoms with Gasteiger partial charge in [0, 0.05) is 5.38 Å². The number of benzene rings is 1.